The van der Waals surface area contributed by atoms with Gasteiger partial charge in [0.25, 0.3) is 0 Å². The summed E-state index contributed by atoms with van der Waals surface area (Å²) in [6.45, 7) is 6.15. The van der Waals surface area contributed by atoms with Crippen LogP contribution in [0.15, 0.2) is 0 Å². The molecule has 0 aromatic carbocycles. The van der Waals surface area contributed by atoms with Crippen LogP contribution in [0.1, 0.15) is 26.2 Å². The third-order valence-corrected chi connectivity index (χ3v) is 3.51. The lowest BCUT2D eigenvalue weighted by molar-refractivity contribution is -0.135. The second-order valence-corrected chi connectivity index (χ2v) is 4.81. The van der Waals surface area contributed by atoms with Gasteiger partial charge in [0.1, 0.15) is 6.04 Å². The molecule has 0 bridgehead atoms. The summed E-state index contributed by atoms with van der Waals surface area (Å²) in [6.07, 6.45) is 3.64. The average molecular weight is 226 g/mol. The second-order valence-electron chi connectivity index (χ2n) is 4.81. The highest BCUT2D eigenvalue weighted by atomic mass is 16.5. The molecule has 2 aliphatic rings. The Morgan fingerprint density at radius 2 is 2.44 bits per heavy atom. The summed E-state index contributed by atoms with van der Waals surface area (Å²) in [6, 6.07) is -0.103. The van der Waals surface area contributed by atoms with Crippen LogP contribution in [-0.2, 0) is 9.53 Å². The van der Waals surface area contributed by atoms with Crippen molar-refractivity contribution in [3.63, 3.8) is 0 Å². The van der Waals surface area contributed by atoms with Gasteiger partial charge < -0.3 is 15.0 Å². The smallest absolute Gasteiger partial charge is 0.242 e. The maximum Gasteiger partial charge on any atom is 0.242 e. The fourth-order valence-electron chi connectivity index (χ4n) is 2.62. The molecule has 2 fully saturated rings. The first kappa shape index (κ1) is 11.9. The van der Waals surface area contributed by atoms with Crippen LogP contribution in [0.4, 0.5) is 0 Å². The predicted molar refractivity (Wildman–Crippen MR) is 62.2 cm³/mol. The quantitative estimate of drug-likeness (QED) is 0.767. The lowest BCUT2D eigenvalue weighted by Gasteiger charge is -2.27. The molecule has 2 saturated heterocycles. The highest BCUT2D eigenvalue weighted by Crippen LogP contribution is 2.21. The van der Waals surface area contributed by atoms with Crippen LogP contribution in [-0.4, -0.2) is 49.7 Å². The Balaban J connectivity index is 1.81. The summed E-state index contributed by atoms with van der Waals surface area (Å²) in [5.74, 6) is 0.955. The van der Waals surface area contributed by atoms with Crippen molar-refractivity contribution in [3.8, 4) is 0 Å². The van der Waals surface area contributed by atoms with Gasteiger partial charge in [-0.1, -0.05) is 13.3 Å². The molecule has 2 unspecified atom stereocenters. The molecule has 16 heavy (non-hydrogen) atoms. The highest BCUT2D eigenvalue weighted by Gasteiger charge is 2.31. The minimum Gasteiger partial charge on any atom is -0.378 e. The van der Waals surface area contributed by atoms with Crippen molar-refractivity contribution < 1.29 is 9.53 Å². The van der Waals surface area contributed by atoms with Gasteiger partial charge in [-0.25, -0.2) is 0 Å². The first-order valence-corrected chi connectivity index (χ1v) is 6.41. The summed E-state index contributed by atoms with van der Waals surface area (Å²) in [5, 5.41) is 3.23. The van der Waals surface area contributed by atoms with E-state index in [4.69, 9.17) is 4.74 Å². The Kier molecular flexibility index (Phi) is 4.18. The van der Waals surface area contributed by atoms with Gasteiger partial charge in [-0.05, 0) is 18.8 Å². The van der Waals surface area contributed by atoms with Crippen molar-refractivity contribution in [2.24, 2.45) is 5.92 Å². The molecular formula is C12H22N2O2. The van der Waals surface area contributed by atoms with Crippen LogP contribution in [0, 0.1) is 5.92 Å². The third-order valence-electron chi connectivity index (χ3n) is 3.51. The topological polar surface area (TPSA) is 41.6 Å². The van der Waals surface area contributed by atoms with E-state index >= 15 is 0 Å². The molecule has 0 aromatic rings. The molecule has 92 valence electrons. The number of carbonyl (C=O) groups excluding carboxylic acids is 1. The maximum absolute atomic E-state index is 12.1. The van der Waals surface area contributed by atoms with Gasteiger partial charge in [-0.15, -0.1) is 0 Å². The van der Waals surface area contributed by atoms with Crippen molar-refractivity contribution in [1.29, 1.82) is 0 Å². The Morgan fingerprint density at radius 1 is 1.56 bits per heavy atom. The van der Waals surface area contributed by atoms with Gasteiger partial charge >= 0.3 is 0 Å². The highest BCUT2D eigenvalue weighted by molar-refractivity contribution is 5.82. The first-order valence-electron chi connectivity index (χ1n) is 6.41. The molecule has 0 saturated carbocycles. The van der Waals surface area contributed by atoms with Gasteiger partial charge in [-0.3, -0.25) is 4.79 Å². The molecule has 4 heteroatoms. The van der Waals surface area contributed by atoms with Gasteiger partial charge in [0.2, 0.25) is 5.91 Å². The summed E-state index contributed by atoms with van der Waals surface area (Å²) in [5.41, 5.74) is 0. The number of likely N-dealkylation sites (tertiary alicyclic amines) is 1. The molecule has 1 amide bonds. The molecule has 2 aliphatic heterocycles. The van der Waals surface area contributed by atoms with Crippen LogP contribution < -0.4 is 5.32 Å². The average Bonchev–Trinajstić information content (AvgIpc) is 2.78. The zero-order valence-electron chi connectivity index (χ0n) is 10.1. The van der Waals surface area contributed by atoms with Crippen molar-refractivity contribution >= 4 is 5.91 Å². The third kappa shape index (κ3) is 2.74. The van der Waals surface area contributed by atoms with Gasteiger partial charge in [0, 0.05) is 19.6 Å². The molecule has 4 nitrogen and oxygen atoms in total. The van der Waals surface area contributed by atoms with E-state index in [0.717, 1.165) is 32.2 Å². The van der Waals surface area contributed by atoms with E-state index in [1.165, 1.54) is 19.3 Å². The largest absolute Gasteiger partial charge is 0.378 e. The van der Waals surface area contributed by atoms with Crippen LogP contribution in [0.2, 0.25) is 0 Å². The Hall–Kier alpha value is -0.610. The number of hydrogen-bond donors (Lipinski definition) is 1. The van der Waals surface area contributed by atoms with Crippen LogP contribution in [0.5, 0.6) is 0 Å². The number of carbonyl (C=O) groups is 1. The predicted octanol–water partition coefficient (Wildman–Crippen LogP) is 0.623. The Morgan fingerprint density at radius 3 is 3.12 bits per heavy atom. The lowest BCUT2D eigenvalue weighted by atomic mass is 10.0. The van der Waals surface area contributed by atoms with Gasteiger partial charge in [0.15, 0.2) is 0 Å². The van der Waals surface area contributed by atoms with E-state index in [1.54, 1.807) is 0 Å². The standard InChI is InChI=1S/C12H22N2O2/c1-2-3-10-4-6-14(8-10)12(15)11-9-16-7-5-13-11/h10-11,13H,2-9H2,1H3. The Labute approximate surface area is 97.3 Å². The zero-order chi connectivity index (χ0) is 11.4. The number of morpholine rings is 1. The monoisotopic (exact) mass is 226 g/mol. The number of nitrogens with one attached hydrogen (secondary N) is 1. The van der Waals surface area contributed by atoms with E-state index in [1.807, 2.05) is 4.90 Å². The van der Waals surface area contributed by atoms with Crippen molar-refractivity contribution in [2.45, 2.75) is 32.2 Å². The fraction of sp³-hybridized carbons (Fsp3) is 0.917. The van der Waals surface area contributed by atoms with Crippen molar-refractivity contribution in [1.82, 2.24) is 10.2 Å². The summed E-state index contributed by atoms with van der Waals surface area (Å²) >= 11 is 0. The summed E-state index contributed by atoms with van der Waals surface area (Å²) in [7, 11) is 0. The summed E-state index contributed by atoms with van der Waals surface area (Å²) < 4.78 is 5.33. The van der Waals surface area contributed by atoms with Gasteiger partial charge in [-0.2, -0.15) is 0 Å². The lowest BCUT2D eigenvalue weighted by Crippen LogP contribution is -2.52. The van der Waals surface area contributed by atoms with E-state index in [9.17, 15) is 4.79 Å². The minimum atomic E-state index is -0.103. The van der Waals surface area contributed by atoms with Crippen molar-refractivity contribution in [3.05, 3.63) is 0 Å². The molecule has 0 aliphatic carbocycles. The molecule has 0 radical (unpaired) electrons. The molecule has 1 N–H and O–H groups in total. The van der Waals surface area contributed by atoms with Gasteiger partial charge in [0.05, 0.1) is 13.2 Å². The van der Waals surface area contributed by atoms with Crippen molar-refractivity contribution in [2.75, 3.05) is 32.8 Å². The molecule has 2 rings (SSSR count). The second kappa shape index (κ2) is 5.64. The van der Waals surface area contributed by atoms with E-state index in [2.05, 4.69) is 12.2 Å². The number of rotatable bonds is 3. The van der Waals surface area contributed by atoms with Crippen LogP contribution >= 0.6 is 0 Å². The Bertz CT molecular complexity index is 239. The zero-order valence-corrected chi connectivity index (χ0v) is 10.1. The molecule has 0 spiro atoms. The molecule has 2 atom stereocenters. The SMILES string of the molecule is CCCC1CCN(C(=O)C2COCCN2)C1. The minimum absolute atomic E-state index is 0.103. The number of ether oxygens (including phenoxy) is 1. The van der Waals surface area contributed by atoms with E-state index in [0.29, 0.717) is 6.61 Å². The van der Waals surface area contributed by atoms with E-state index < -0.39 is 0 Å². The molecular weight excluding hydrogens is 204 g/mol. The first-order chi connectivity index (χ1) is 7.81. The molecule has 2 heterocycles. The molecule has 0 aromatic heterocycles. The van der Waals surface area contributed by atoms with Crippen LogP contribution in [0.3, 0.4) is 0 Å². The fourth-order valence-corrected chi connectivity index (χ4v) is 2.62. The number of nitrogens with zero attached hydrogens (tertiary/aromatic N) is 1. The normalized spacial score (nSPS) is 30.7. The number of amides is 1. The maximum atomic E-state index is 12.1. The van der Waals surface area contributed by atoms with Crippen LogP contribution in [0.25, 0.3) is 0 Å². The van der Waals surface area contributed by atoms with E-state index in [-0.39, 0.29) is 11.9 Å². The number of hydrogen-bond acceptors (Lipinski definition) is 3. The summed E-state index contributed by atoms with van der Waals surface area (Å²) in [4.78, 5) is 14.1.